The fraction of sp³-hybridized carbons (Fsp3) is 0.680. The van der Waals surface area contributed by atoms with Crippen LogP contribution in [-0.4, -0.2) is 33.4 Å². The van der Waals surface area contributed by atoms with Crippen molar-refractivity contribution < 1.29 is 4.79 Å². The maximum absolute atomic E-state index is 12.2. The van der Waals surface area contributed by atoms with Crippen molar-refractivity contribution in [1.29, 1.82) is 0 Å². The van der Waals surface area contributed by atoms with E-state index in [2.05, 4.69) is 42.7 Å². The number of likely N-dealkylation sites (tertiary alicyclic amines) is 1. The van der Waals surface area contributed by atoms with Crippen LogP contribution in [0, 0.1) is 0 Å². The van der Waals surface area contributed by atoms with Gasteiger partial charge in [-0.15, -0.1) is 0 Å². The molecule has 0 radical (unpaired) electrons. The molecule has 1 amide bonds. The van der Waals surface area contributed by atoms with Crippen molar-refractivity contribution in [1.82, 2.24) is 14.5 Å². The van der Waals surface area contributed by atoms with Gasteiger partial charge in [0.05, 0.1) is 11.0 Å². The van der Waals surface area contributed by atoms with Crippen molar-refractivity contribution in [2.24, 2.45) is 0 Å². The zero-order chi connectivity index (χ0) is 20.5. The second-order valence-corrected chi connectivity index (χ2v) is 8.63. The number of nitrogens with zero attached hydrogens (tertiary/aromatic N) is 3. The molecule has 1 aliphatic heterocycles. The Labute approximate surface area is 176 Å². The van der Waals surface area contributed by atoms with Crippen molar-refractivity contribution in [3.05, 3.63) is 30.1 Å². The van der Waals surface area contributed by atoms with E-state index >= 15 is 0 Å². The smallest absolute Gasteiger partial charge is 0.223 e. The molecule has 1 fully saturated rings. The van der Waals surface area contributed by atoms with Gasteiger partial charge in [-0.3, -0.25) is 4.79 Å². The van der Waals surface area contributed by atoms with Gasteiger partial charge in [-0.2, -0.15) is 0 Å². The molecule has 1 atom stereocenters. The predicted molar refractivity (Wildman–Crippen MR) is 121 cm³/mol. The van der Waals surface area contributed by atoms with Gasteiger partial charge in [-0.25, -0.2) is 4.98 Å². The number of likely N-dealkylation sites (N-methyl/N-ethyl adjacent to an activating group) is 1. The molecular weight excluding hydrogens is 358 g/mol. The van der Waals surface area contributed by atoms with Crippen LogP contribution in [0.25, 0.3) is 11.0 Å². The lowest BCUT2D eigenvalue weighted by atomic mass is 10.1. The SMILES string of the molecule is CCCCCCCCCCCCn1c(C2CC(=O)N(CC)C2)nc2ccccc21. The number of para-hydroxylation sites is 2. The molecule has 3 rings (SSSR count). The first-order valence-electron chi connectivity index (χ1n) is 12.0. The Bertz CT molecular complexity index is 767. The van der Waals surface area contributed by atoms with Crippen LogP contribution in [0.1, 0.15) is 96.2 Å². The highest BCUT2D eigenvalue weighted by Crippen LogP contribution is 2.30. The molecule has 2 aromatic rings. The highest BCUT2D eigenvalue weighted by Gasteiger charge is 2.32. The van der Waals surface area contributed by atoms with E-state index in [0.717, 1.165) is 31.0 Å². The van der Waals surface area contributed by atoms with Crippen LogP contribution in [0.2, 0.25) is 0 Å². The monoisotopic (exact) mass is 397 g/mol. The van der Waals surface area contributed by atoms with E-state index in [1.54, 1.807) is 0 Å². The molecule has 1 saturated heterocycles. The minimum Gasteiger partial charge on any atom is -0.342 e. The van der Waals surface area contributed by atoms with E-state index in [1.165, 1.54) is 69.7 Å². The summed E-state index contributed by atoms with van der Waals surface area (Å²) >= 11 is 0. The number of imidazole rings is 1. The van der Waals surface area contributed by atoms with Crippen molar-refractivity contribution >= 4 is 16.9 Å². The van der Waals surface area contributed by atoms with Gasteiger partial charge < -0.3 is 9.47 Å². The molecule has 0 N–H and O–H groups in total. The molecule has 2 heterocycles. The molecule has 0 saturated carbocycles. The maximum atomic E-state index is 12.2. The number of unbranched alkanes of at least 4 members (excludes halogenated alkanes) is 9. The maximum Gasteiger partial charge on any atom is 0.223 e. The number of carbonyl (C=O) groups excluding carboxylic acids is 1. The Balaban J connectivity index is 1.52. The van der Waals surface area contributed by atoms with Crippen LogP contribution in [0.5, 0.6) is 0 Å². The Morgan fingerprint density at radius 2 is 1.59 bits per heavy atom. The summed E-state index contributed by atoms with van der Waals surface area (Å²) in [5.41, 5.74) is 2.29. The third-order valence-electron chi connectivity index (χ3n) is 6.38. The lowest BCUT2D eigenvalue weighted by Gasteiger charge is -2.15. The molecular formula is C25H39N3O. The predicted octanol–water partition coefficient (Wildman–Crippen LogP) is 6.29. The third kappa shape index (κ3) is 5.83. The molecule has 1 aromatic carbocycles. The normalized spacial score (nSPS) is 17.0. The van der Waals surface area contributed by atoms with E-state index in [4.69, 9.17) is 4.98 Å². The second kappa shape index (κ2) is 11.4. The Morgan fingerprint density at radius 1 is 0.931 bits per heavy atom. The van der Waals surface area contributed by atoms with Crippen LogP contribution >= 0.6 is 0 Å². The summed E-state index contributed by atoms with van der Waals surface area (Å²) in [6.07, 6.45) is 14.1. The molecule has 29 heavy (non-hydrogen) atoms. The summed E-state index contributed by atoms with van der Waals surface area (Å²) in [7, 11) is 0. The number of benzene rings is 1. The van der Waals surface area contributed by atoms with E-state index in [-0.39, 0.29) is 11.8 Å². The zero-order valence-corrected chi connectivity index (χ0v) is 18.5. The Kier molecular flexibility index (Phi) is 8.57. The largest absolute Gasteiger partial charge is 0.342 e. The van der Waals surface area contributed by atoms with Crippen molar-refractivity contribution in [2.45, 2.75) is 96.9 Å². The van der Waals surface area contributed by atoms with Crippen LogP contribution in [0.3, 0.4) is 0 Å². The number of amides is 1. The van der Waals surface area contributed by atoms with Crippen molar-refractivity contribution in [2.75, 3.05) is 13.1 Å². The van der Waals surface area contributed by atoms with Gasteiger partial charge in [0.15, 0.2) is 0 Å². The standard InChI is InChI=1S/C25H39N3O/c1-3-5-6-7-8-9-10-11-12-15-18-28-23-17-14-13-16-22(23)26-25(28)21-19-24(29)27(4-2)20-21/h13-14,16-17,21H,3-12,15,18-20H2,1-2H3. The van der Waals surface area contributed by atoms with E-state index < -0.39 is 0 Å². The number of aryl methyl sites for hydroxylation is 1. The fourth-order valence-electron chi connectivity index (χ4n) is 4.65. The minimum atomic E-state index is 0.234. The summed E-state index contributed by atoms with van der Waals surface area (Å²) in [4.78, 5) is 19.2. The molecule has 4 heteroatoms. The fourth-order valence-corrected chi connectivity index (χ4v) is 4.65. The van der Waals surface area contributed by atoms with Gasteiger partial charge in [-0.05, 0) is 25.5 Å². The molecule has 1 unspecified atom stereocenters. The van der Waals surface area contributed by atoms with E-state index in [1.807, 2.05) is 4.90 Å². The van der Waals surface area contributed by atoms with Gasteiger partial charge >= 0.3 is 0 Å². The number of fused-ring (bicyclic) bond motifs is 1. The van der Waals surface area contributed by atoms with Crippen molar-refractivity contribution in [3.63, 3.8) is 0 Å². The average molecular weight is 398 g/mol. The molecule has 160 valence electrons. The topological polar surface area (TPSA) is 38.1 Å². The minimum absolute atomic E-state index is 0.234. The number of hydrogen-bond donors (Lipinski definition) is 0. The quantitative estimate of drug-likeness (QED) is 0.372. The van der Waals surface area contributed by atoms with Gasteiger partial charge in [0.1, 0.15) is 5.82 Å². The Morgan fingerprint density at radius 3 is 2.24 bits per heavy atom. The third-order valence-corrected chi connectivity index (χ3v) is 6.38. The van der Waals surface area contributed by atoms with E-state index in [0.29, 0.717) is 6.42 Å². The molecule has 0 bridgehead atoms. The summed E-state index contributed by atoms with van der Waals surface area (Å²) in [5.74, 6) is 1.62. The highest BCUT2D eigenvalue weighted by atomic mass is 16.2. The van der Waals surface area contributed by atoms with Crippen LogP contribution in [-0.2, 0) is 11.3 Å². The van der Waals surface area contributed by atoms with Crippen LogP contribution < -0.4 is 0 Å². The summed E-state index contributed by atoms with van der Waals surface area (Å²) in [6.45, 7) is 6.97. The molecule has 1 aromatic heterocycles. The molecule has 0 spiro atoms. The summed E-state index contributed by atoms with van der Waals surface area (Å²) in [5, 5.41) is 0. The number of rotatable bonds is 13. The van der Waals surface area contributed by atoms with E-state index in [9.17, 15) is 4.79 Å². The Hall–Kier alpha value is -1.84. The first-order valence-corrected chi connectivity index (χ1v) is 12.0. The van der Waals surface area contributed by atoms with Gasteiger partial charge in [0, 0.05) is 32.0 Å². The van der Waals surface area contributed by atoms with Gasteiger partial charge in [-0.1, -0.05) is 76.8 Å². The summed E-state index contributed by atoms with van der Waals surface area (Å²) in [6, 6.07) is 8.43. The van der Waals surface area contributed by atoms with Gasteiger partial charge in [0.2, 0.25) is 5.91 Å². The summed E-state index contributed by atoms with van der Waals surface area (Å²) < 4.78 is 2.40. The van der Waals surface area contributed by atoms with Crippen LogP contribution in [0.15, 0.2) is 24.3 Å². The molecule has 4 nitrogen and oxygen atoms in total. The van der Waals surface area contributed by atoms with Gasteiger partial charge in [0.25, 0.3) is 0 Å². The number of aromatic nitrogens is 2. The lowest BCUT2D eigenvalue weighted by molar-refractivity contribution is -0.127. The zero-order valence-electron chi connectivity index (χ0n) is 18.5. The lowest BCUT2D eigenvalue weighted by Crippen LogP contribution is -2.24. The van der Waals surface area contributed by atoms with Crippen molar-refractivity contribution in [3.8, 4) is 0 Å². The number of hydrogen-bond acceptors (Lipinski definition) is 2. The highest BCUT2D eigenvalue weighted by molar-refractivity contribution is 5.80. The first-order chi connectivity index (χ1) is 14.2. The van der Waals surface area contributed by atoms with Crippen LogP contribution in [0.4, 0.5) is 0 Å². The first kappa shape index (κ1) is 21.9. The second-order valence-electron chi connectivity index (χ2n) is 8.63. The number of carbonyl (C=O) groups is 1. The molecule has 1 aliphatic rings. The average Bonchev–Trinajstić information content (AvgIpc) is 3.29. The molecule has 0 aliphatic carbocycles.